The molecule has 1 aliphatic heterocycles. The van der Waals surface area contributed by atoms with Gasteiger partial charge in [-0.2, -0.15) is 11.8 Å². The average Bonchev–Trinajstić information content (AvgIpc) is 3.18. The summed E-state index contributed by atoms with van der Waals surface area (Å²) in [6.45, 7) is 3.33. The molecule has 0 atom stereocenters. The SMILES string of the molecule is O=C(CCCSCc1ccccc1)N1CCN(c2nc3ccccc3s2)CC1. The van der Waals surface area contributed by atoms with Crippen LogP contribution < -0.4 is 4.90 Å². The highest BCUT2D eigenvalue weighted by Crippen LogP contribution is 2.29. The molecule has 1 fully saturated rings. The number of thiazole rings is 1. The molecule has 2 aromatic carbocycles. The second-order valence-electron chi connectivity index (χ2n) is 6.97. The predicted octanol–water partition coefficient (Wildman–Crippen LogP) is 4.66. The number of carbonyl (C=O) groups is 1. The molecule has 6 heteroatoms. The Kier molecular flexibility index (Phi) is 6.49. The lowest BCUT2D eigenvalue weighted by Crippen LogP contribution is -2.48. The molecule has 1 aromatic heterocycles. The molecule has 4 nitrogen and oxygen atoms in total. The van der Waals surface area contributed by atoms with E-state index in [1.807, 2.05) is 28.8 Å². The van der Waals surface area contributed by atoms with Crippen LogP contribution in [-0.4, -0.2) is 47.7 Å². The third-order valence-corrected chi connectivity index (χ3v) is 7.19. The van der Waals surface area contributed by atoms with E-state index in [1.54, 1.807) is 11.3 Å². The van der Waals surface area contributed by atoms with E-state index in [2.05, 4.69) is 47.4 Å². The minimum atomic E-state index is 0.296. The lowest BCUT2D eigenvalue weighted by molar-refractivity contribution is -0.131. The van der Waals surface area contributed by atoms with Crippen LogP contribution in [0.1, 0.15) is 18.4 Å². The van der Waals surface area contributed by atoms with Crippen LogP contribution >= 0.6 is 23.1 Å². The number of piperazine rings is 1. The highest BCUT2D eigenvalue weighted by Gasteiger charge is 2.22. The van der Waals surface area contributed by atoms with Gasteiger partial charge in [-0.1, -0.05) is 53.8 Å². The van der Waals surface area contributed by atoms with Gasteiger partial charge in [0.1, 0.15) is 0 Å². The van der Waals surface area contributed by atoms with Crippen LogP contribution in [0.4, 0.5) is 5.13 Å². The van der Waals surface area contributed by atoms with Gasteiger partial charge in [0.05, 0.1) is 10.2 Å². The smallest absolute Gasteiger partial charge is 0.222 e. The Morgan fingerprint density at radius 1 is 1.00 bits per heavy atom. The van der Waals surface area contributed by atoms with Crippen LogP contribution in [0.3, 0.4) is 0 Å². The fraction of sp³-hybridized carbons (Fsp3) is 0.364. The summed E-state index contributed by atoms with van der Waals surface area (Å²) in [5.41, 5.74) is 2.42. The molecule has 1 saturated heterocycles. The first kappa shape index (κ1) is 19.3. The Balaban J connectivity index is 1.17. The topological polar surface area (TPSA) is 36.4 Å². The molecule has 1 aliphatic rings. The van der Waals surface area contributed by atoms with Gasteiger partial charge >= 0.3 is 0 Å². The summed E-state index contributed by atoms with van der Waals surface area (Å²) in [6.07, 6.45) is 1.61. The molecule has 0 N–H and O–H groups in total. The molecule has 0 bridgehead atoms. The summed E-state index contributed by atoms with van der Waals surface area (Å²) in [6, 6.07) is 18.8. The molecule has 0 saturated carbocycles. The maximum absolute atomic E-state index is 12.5. The van der Waals surface area contributed by atoms with Crippen molar-refractivity contribution in [3.8, 4) is 0 Å². The molecule has 1 amide bonds. The summed E-state index contributed by atoms with van der Waals surface area (Å²) in [4.78, 5) is 21.6. The van der Waals surface area contributed by atoms with Gasteiger partial charge in [0.15, 0.2) is 5.13 Å². The van der Waals surface area contributed by atoms with Crippen molar-refractivity contribution in [1.82, 2.24) is 9.88 Å². The number of anilines is 1. The van der Waals surface area contributed by atoms with Crippen LogP contribution in [0.2, 0.25) is 0 Å². The van der Waals surface area contributed by atoms with Crippen molar-refractivity contribution in [3.05, 3.63) is 60.2 Å². The molecule has 28 heavy (non-hydrogen) atoms. The molecular formula is C22H25N3OS2. The number of hydrogen-bond donors (Lipinski definition) is 0. The first-order valence-corrected chi connectivity index (χ1v) is 11.8. The normalized spacial score (nSPS) is 14.6. The number of aromatic nitrogens is 1. The minimum absolute atomic E-state index is 0.296. The average molecular weight is 412 g/mol. The molecule has 0 spiro atoms. The molecule has 4 rings (SSSR count). The zero-order valence-corrected chi connectivity index (χ0v) is 17.6. The van der Waals surface area contributed by atoms with Gasteiger partial charge < -0.3 is 9.80 Å². The first-order valence-electron chi connectivity index (χ1n) is 9.79. The van der Waals surface area contributed by atoms with E-state index in [0.29, 0.717) is 12.3 Å². The minimum Gasteiger partial charge on any atom is -0.345 e. The predicted molar refractivity (Wildman–Crippen MR) is 120 cm³/mol. The third kappa shape index (κ3) is 4.86. The highest BCUT2D eigenvalue weighted by molar-refractivity contribution is 7.98. The van der Waals surface area contributed by atoms with Crippen LogP contribution in [0.5, 0.6) is 0 Å². The van der Waals surface area contributed by atoms with Crippen LogP contribution in [0, 0.1) is 0 Å². The molecule has 2 heterocycles. The largest absolute Gasteiger partial charge is 0.345 e. The van der Waals surface area contributed by atoms with E-state index in [0.717, 1.165) is 54.8 Å². The van der Waals surface area contributed by atoms with Crippen molar-refractivity contribution in [2.24, 2.45) is 0 Å². The van der Waals surface area contributed by atoms with Crippen molar-refractivity contribution in [3.63, 3.8) is 0 Å². The number of amides is 1. The maximum atomic E-state index is 12.5. The summed E-state index contributed by atoms with van der Waals surface area (Å²) in [5.74, 6) is 2.35. The van der Waals surface area contributed by atoms with E-state index in [1.165, 1.54) is 10.3 Å². The van der Waals surface area contributed by atoms with Gasteiger partial charge in [0.2, 0.25) is 5.91 Å². The van der Waals surface area contributed by atoms with Gasteiger partial charge in [-0.25, -0.2) is 4.98 Å². The molecule has 0 radical (unpaired) electrons. The molecular weight excluding hydrogens is 386 g/mol. The summed E-state index contributed by atoms with van der Waals surface area (Å²) in [7, 11) is 0. The summed E-state index contributed by atoms with van der Waals surface area (Å²) < 4.78 is 1.23. The second-order valence-corrected chi connectivity index (χ2v) is 9.09. The van der Waals surface area contributed by atoms with E-state index in [-0.39, 0.29) is 0 Å². The summed E-state index contributed by atoms with van der Waals surface area (Å²) in [5, 5.41) is 1.07. The standard InChI is InChI=1S/C22H25N3OS2/c26-21(11-6-16-27-17-18-7-2-1-3-8-18)24-12-14-25(15-13-24)22-23-19-9-4-5-10-20(19)28-22/h1-5,7-10H,6,11-17H2. The Morgan fingerprint density at radius 3 is 2.54 bits per heavy atom. The van der Waals surface area contributed by atoms with Crippen molar-refractivity contribution < 1.29 is 4.79 Å². The molecule has 0 unspecified atom stereocenters. The van der Waals surface area contributed by atoms with Gasteiger partial charge in [-0.05, 0) is 29.9 Å². The van der Waals surface area contributed by atoms with Crippen molar-refractivity contribution >= 4 is 44.4 Å². The zero-order chi connectivity index (χ0) is 19.2. The molecule has 0 aliphatic carbocycles. The van der Waals surface area contributed by atoms with Crippen molar-refractivity contribution in [2.75, 3.05) is 36.8 Å². The van der Waals surface area contributed by atoms with E-state index >= 15 is 0 Å². The number of rotatable bonds is 7. The first-order chi connectivity index (χ1) is 13.8. The number of benzene rings is 2. The number of hydrogen-bond acceptors (Lipinski definition) is 5. The Bertz CT molecular complexity index is 871. The lowest BCUT2D eigenvalue weighted by atomic mass is 10.2. The van der Waals surface area contributed by atoms with Gasteiger partial charge in [0.25, 0.3) is 0 Å². The molecule has 3 aromatic rings. The number of nitrogens with zero attached hydrogens (tertiary/aromatic N) is 3. The summed E-state index contributed by atoms with van der Waals surface area (Å²) >= 11 is 3.65. The van der Waals surface area contributed by atoms with Crippen LogP contribution in [-0.2, 0) is 10.5 Å². The maximum Gasteiger partial charge on any atom is 0.222 e. The number of para-hydroxylation sites is 1. The number of fused-ring (bicyclic) bond motifs is 1. The number of thioether (sulfide) groups is 1. The van der Waals surface area contributed by atoms with Gasteiger partial charge in [-0.3, -0.25) is 4.79 Å². The number of carbonyl (C=O) groups excluding carboxylic acids is 1. The van der Waals surface area contributed by atoms with E-state index < -0.39 is 0 Å². The lowest BCUT2D eigenvalue weighted by Gasteiger charge is -2.34. The van der Waals surface area contributed by atoms with Crippen molar-refractivity contribution in [1.29, 1.82) is 0 Å². The van der Waals surface area contributed by atoms with E-state index in [4.69, 9.17) is 4.98 Å². The molecule has 146 valence electrons. The third-order valence-electron chi connectivity index (χ3n) is 4.98. The highest BCUT2D eigenvalue weighted by atomic mass is 32.2. The van der Waals surface area contributed by atoms with Crippen molar-refractivity contribution in [2.45, 2.75) is 18.6 Å². The fourth-order valence-electron chi connectivity index (χ4n) is 3.39. The Labute approximate surface area is 174 Å². The second kappa shape index (κ2) is 9.43. The monoisotopic (exact) mass is 411 g/mol. The quantitative estimate of drug-likeness (QED) is 0.530. The fourth-order valence-corrected chi connectivity index (χ4v) is 5.33. The van der Waals surface area contributed by atoms with Gasteiger partial charge in [-0.15, -0.1) is 0 Å². The van der Waals surface area contributed by atoms with E-state index in [9.17, 15) is 4.79 Å². The van der Waals surface area contributed by atoms with Crippen LogP contribution in [0.15, 0.2) is 54.6 Å². The Morgan fingerprint density at radius 2 is 1.75 bits per heavy atom. The zero-order valence-electron chi connectivity index (χ0n) is 15.9. The van der Waals surface area contributed by atoms with Crippen LogP contribution in [0.25, 0.3) is 10.2 Å². The Hall–Kier alpha value is -2.05. The van der Waals surface area contributed by atoms with Gasteiger partial charge in [0, 0.05) is 38.4 Å².